The lowest BCUT2D eigenvalue weighted by atomic mass is 9.29. The summed E-state index contributed by atoms with van der Waals surface area (Å²) in [6.07, 6.45) is 0. The summed E-state index contributed by atoms with van der Waals surface area (Å²) in [5.74, 6) is 0. The Bertz CT molecular complexity index is 2080. The minimum atomic E-state index is -0.431. The van der Waals surface area contributed by atoms with E-state index in [2.05, 4.69) is 151 Å². The zero-order chi connectivity index (χ0) is 26.4. The maximum absolute atomic E-state index is 2.55. The van der Waals surface area contributed by atoms with E-state index in [9.17, 15) is 0 Å². The van der Waals surface area contributed by atoms with Gasteiger partial charge in [0.05, 0.1) is 10.9 Å². The molecule has 0 fully saturated rings. The smallest absolute Gasteiger partial charge is 0.247 e. The second-order valence-corrected chi connectivity index (χ2v) is 11.3. The van der Waals surface area contributed by atoms with Crippen LogP contribution in [0.15, 0.2) is 140 Å². The molecule has 1 aromatic heterocycles. The molecule has 0 radical (unpaired) electrons. The molecule has 0 amide bonds. The molecule has 0 saturated carbocycles. The minimum Gasteiger partial charge on any atom is -0.310 e. The molecular formula is C38H26BN. The van der Waals surface area contributed by atoms with Gasteiger partial charge in [0.25, 0.3) is 0 Å². The van der Waals surface area contributed by atoms with Gasteiger partial charge in [-0.1, -0.05) is 133 Å². The first-order valence-corrected chi connectivity index (χ1v) is 14.2. The fourth-order valence-corrected chi connectivity index (χ4v) is 8.08. The first kappa shape index (κ1) is 22.0. The van der Waals surface area contributed by atoms with E-state index in [1.807, 2.05) is 0 Å². The van der Waals surface area contributed by atoms with E-state index in [0.29, 0.717) is 0 Å². The Balaban J connectivity index is 1.56. The second-order valence-electron chi connectivity index (χ2n) is 11.3. The Morgan fingerprint density at radius 2 is 1.18 bits per heavy atom. The van der Waals surface area contributed by atoms with Crippen LogP contribution >= 0.6 is 0 Å². The molecule has 40 heavy (non-hydrogen) atoms. The van der Waals surface area contributed by atoms with Crippen molar-refractivity contribution in [3.63, 3.8) is 0 Å². The summed E-state index contributed by atoms with van der Waals surface area (Å²) in [6, 6.07) is 52.1. The Labute approximate surface area is 234 Å². The lowest BCUT2D eigenvalue weighted by Gasteiger charge is -2.47. The third-order valence-electron chi connectivity index (χ3n) is 9.46. The van der Waals surface area contributed by atoms with E-state index in [4.69, 9.17) is 0 Å². The number of rotatable bonds is 2. The maximum atomic E-state index is 2.55. The molecule has 3 heterocycles. The van der Waals surface area contributed by atoms with Crippen LogP contribution in [0.3, 0.4) is 0 Å². The SMILES string of the molecule is Cc1ccc2c3c1C(c1ccccc1)(c1ccccc1)c1ccccc1B3c1cccc3c4ccccc4n-2c13. The van der Waals surface area contributed by atoms with E-state index in [1.165, 1.54) is 71.7 Å². The second kappa shape index (κ2) is 7.86. The first-order chi connectivity index (χ1) is 19.8. The van der Waals surface area contributed by atoms with Gasteiger partial charge < -0.3 is 4.57 Å². The van der Waals surface area contributed by atoms with Crippen molar-refractivity contribution in [3.8, 4) is 5.69 Å². The van der Waals surface area contributed by atoms with Crippen LogP contribution in [0.1, 0.15) is 27.8 Å². The number of aryl methyl sites for hydroxylation is 1. The number of fused-ring (bicyclic) bond motifs is 7. The zero-order valence-corrected chi connectivity index (χ0v) is 22.3. The summed E-state index contributed by atoms with van der Waals surface area (Å²) < 4.78 is 2.55. The fourth-order valence-electron chi connectivity index (χ4n) is 8.08. The Kier molecular flexibility index (Phi) is 4.34. The van der Waals surface area contributed by atoms with Crippen molar-refractivity contribution in [3.05, 3.63) is 167 Å². The highest BCUT2D eigenvalue weighted by Crippen LogP contribution is 2.48. The summed E-state index contributed by atoms with van der Waals surface area (Å²) in [6.45, 7) is 2.48. The van der Waals surface area contributed by atoms with E-state index < -0.39 is 5.41 Å². The van der Waals surface area contributed by atoms with Crippen LogP contribution in [0, 0.1) is 6.92 Å². The van der Waals surface area contributed by atoms with E-state index in [1.54, 1.807) is 0 Å². The van der Waals surface area contributed by atoms with Gasteiger partial charge in [0.15, 0.2) is 0 Å². The average Bonchev–Trinajstić information content (AvgIpc) is 3.36. The molecule has 9 rings (SSSR count). The largest absolute Gasteiger partial charge is 0.310 e. The van der Waals surface area contributed by atoms with E-state index >= 15 is 0 Å². The van der Waals surface area contributed by atoms with Crippen LogP contribution in [0.5, 0.6) is 0 Å². The molecule has 0 spiro atoms. The highest BCUT2D eigenvalue weighted by molar-refractivity contribution is 6.99. The topological polar surface area (TPSA) is 4.93 Å². The first-order valence-electron chi connectivity index (χ1n) is 14.2. The van der Waals surface area contributed by atoms with Crippen LogP contribution in [-0.4, -0.2) is 11.3 Å². The molecule has 0 atom stereocenters. The maximum Gasteiger partial charge on any atom is 0.247 e. The van der Waals surface area contributed by atoms with Gasteiger partial charge >= 0.3 is 0 Å². The molecule has 6 aromatic carbocycles. The molecular weight excluding hydrogens is 481 g/mol. The van der Waals surface area contributed by atoms with Crippen LogP contribution in [-0.2, 0) is 5.41 Å². The Hall–Kier alpha value is -4.82. The molecule has 0 N–H and O–H groups in total. The average molecular weight is 507 g/mol. The number of para-hydroxylation sites is 2. The molecule has 2 heteroatoms. The van der Waals surface area contributed by atoms with Gasteiger partial charge in [-0.05, 0) is 57.8 Å². The molecule has 2 aliphatic heterocycles. The summed E-state index contributed by atoms with van der Waals surface area (Å²) in [5.41, 5.74) is 14.5. The minimum absolute atomic E-state index is 0.169. The predicted molar refractivity (Wildman–Crippen MR) is 168 cm³/mol. The Morgan fingerprint density at radius 3 is 1.95 bits per heavy atom. The lowest BCUT2D eigenvalue weighted by Crippen LogP contribution is -2.64. The summed E-state index contributed by atoms with van der Waals surface area (Å²) in [5, 5.41) is 2.65. The van der Waals surface area contributed by atoms with Gasteiger partial charge in [-0.25, -0.2) is 0 Å². The van der Waals surface area contributed by atoms with E-state index in [0.717, 1.165) is 0 Å². The van der Waals surface area contributed by atoms with Crippen molar-refractivity contribution >= 4 is 44.9 Å². The molecule has 0 saturated heterocycles. The van der Waals surface area contributed by atoms with Gasteiger partial charge in [-0.15, -0.1) is 0 Å². The highest BCUT2D eigenvalue weighted by atomic mass is 15.0. The van der Waals surface area contributed by atoms with Gasteiger partial charge in [-0.3, -0.25) is 0 Å². The quantitative estimate of drug-likeness (QED) is 0.232. The van der Waals surface area contributed by atoms with Gasteiger partial charge in [0, 0.05) is 22.0 Å². The van der Waals surface area contributed by atoms with Crippen molar-refractivity contribution in [1.29, 1.82) is 0 Å². The molecule has 0 aliphatic carbocycles. The molecule has 186 valence electrons. The lowest BCUT2D eigenvalue weighted by molar-refractivity contribution is 0.743. The third-order valence-corrected chi connectivity index (χ3v) is 9.46. The van der Waals surface area contributed by atoms with Gasteiger partial charge in [-0.2, -0.15) is 0 Å². The van der Waals surface area contributed by atoms with Crippen molar-refractivity contribution in [2.24, 2.45) is 0 Å². The van der Waals surface area contributed by atoms with Gasteiger partial charge in [0.2, 0.25) is 6.71 Å². The standard InChI is InChI=1S/C38H26BN/c1-25-23-24-34-36-35(25)38(26-13-4-2-5-14-26,27-15-6-3-7-16-27)30-19-9-10-20-31(30)39(36)32-21-12-18-29-28-17-8-11-22-33(28)40(34)37(29)32/h2-24H,1H3. The normalized spacial score (nSPS) is 14.3. The van der Waals surface area contributed by atoms with Crippen molar-refractivity contribution in [2.45, 2.75) is 12.3 Å². The van der Waals surface area contributed by atoms with Crippen LogP contribution in [0.2, 0.25) is 0 Å². The highest BCUT2D eigenvalue weighted by Gasteiger charge is 2.51. The molecule has 1 nitrogen and oxygen atoms in total. The van der Waals surface area contributed by atoms with Crippen molar-refractivity contribution in [2.75, 3.05) is 0 Å². The number of hydrogen-bond acceptors (Lipinski definition) is 0. The van der Waals surface area contributed by atoms with Crippen LogP contribution in [0.4, 0.5) is 0 Å². The van der Waals surface area contributed by atoms with Gasteiger partial charge in [0.1, 0.15) is 0 Å². The third kappa shape index (κ3) is 2.55. The molecule has 2 aliphatic rings. The van der Waals surface area contributed by atoms with Crippen LogP contribution in [0.25, 0.3) is 27.5 Å². The molecule has 0 bridgehead atoms. The number of benzene rings is 6. The number of hydrogen-bond donors (Lipinski definition) is 0. The fraction of sp³-hybridized carbons (Fsp3) is 0.0526. The van der Waals surface area contributed by atoms with E-state index in [-0.39, 0.29) is 6.71 Å². The number of nitrogens with zero attached hydrogens (tertiary/aromatic N) is 1. The molecule has 0 unspecified atom stereocenters. The van der Waals surface area contributed by atoms with Crippen LogP contribution < -0.4 is 16.4 Å². The summed E-state index contributed by atoms with van der Waals surface area (Å²) >= 11 is 0. The predicted octanol–water partition coefficient (Wildman–Crippen LogP) is 6.62. The van der Waals surface area contributed by atoms with Crippen molar-refractivity contribution < 1.29 is 0 Å². The Morgan fingerprint density at radius 1 is 0.550 bits per heavy atom. The zero-order valence-electron chi connectivity index (χ0n) is 22.3. The summed E-state index contributed by atoms with van der Waals surface area (Å²) in [7, 11) is 0. The molecule has 7 aromatic rings. The monoisotopic (exact) mass is 507 g/mol. The summed E-state index contributed by atoms with van der Waals surface area (Å²) in [4.78, 5) is 0. The number of aromatic nitrogens is 1. The van der Waals surface area contributed by atoms with Crippen molar-refractivity contribution in [1.82, 2.24) is 4.57 Å².